The van der Waals surface area contributed by atoms with Crippen molar-refractivity contribution >= 4 is 5.91 Å². The average Bonchev–Trinajstić information content (AvgIpc) is 3.20. The summed E-state index contributed by atoms with van der Waals surface area (Å²) < 4.78 is 5.27. The van der Waals surface area contributed by atoms with E-state index in [0.29, 0.717) is 29.8 Å². The number of carbonyl (C=O) groups is 1. The van der Waals surface area contributed by atoms with Crippen LogP contribution in [-0.4, -0.2) is 39.4 Å². The lowest BCUT2D eigenvalue weighted by Crippen LogP contribution is -2.41. The number of rotatable bonds is 6. The fraction of sp³-hybridized carbons (Fsp3) is 0.286. The van der Waals surface area contributed by atoms with E-state index in [1.54, 1.807) is 19.5 Å². The number of carbonyl (C=O) groups excluding carboxylic acids is 1. The second-order valence-electron chi connectivity index (χ2n) is 7.02. The van der Waals surface area contributed by atoms with Crippen LogP contribution < -0.4 is 10.1 Å². The number of methoxy groups -OCH3 is 1. The number of ether oxygens (including phenoxy) is 1. The van der Waals surface area contributed by atoms with E-state index < -0.39 is 0 Å². The summed E-state index contributed by atoms with van der Waals surface area (Å²) in [5, 5.41) is 19.8. The first-order valence-electron chi connectivity index (χ1n) is 9.22. The molecule has 1 aromatic carbocycles. The largest absolute Gasteiger partial charge is 0.495 e. The molecule has 2 aromatic heterocycles. The minimum Gasteiger partial charge on any atom is -0.495 e. The molecule has 1 fully saturated rings. The molecule has 1 aliphatic carbocycles. The van der Waals surface area contributed by atoms with Gasteiger partial charge < -0.3 is 15.2 Å². The predicted molar refractivity (Wildman–Crippen MR) is 104 cm³/mol. The van der Waals surface area contributed by atoms with Crippen molar-refractivity contribution < 1.29 is 14.6 Å². The van der Waals surface area contributed by atoms with Crippen molar-refractivity contribution in [2.24, 2.45) is 5.92 Å². The second-order valence-corrected chi connectivity index (χ2v) is 7.02. The van der Waals surface area contributed by atoms with Crippen molar-refractivity contribution in [3.8, 4) is 17.0 Å². The SMILES string of the molecule is COc1cncc([C@@H](NC(=O)c2cn[nH]c2-c2ccccc2)C2CC(O)C2)c1. The monoisotopic (exact) mass is 378 g/mol. The number of amides is 1. The Morgan fingerprint density at radius 3 is 2.75 bits per heavy atom. The Kier molecular flexibility index (Phi) is 5.08. The molecule has 0 radical (unpaired) electrons. The third kappa shape index (κ3) is 3.61. The summed E-state index contributed by atoms with van der Waals surface area (Å²) in [4.78, 5) is 17.3. The van der Waals surface area contributed by atoms with E-state index in [4.69, 9.17) is 4.74 Å². The fourth-order valence-corrected chi connectivity index (χ4v) is 3.59. The van der Waals surface area contributed by atoms with E-state index in [2.05, 4.69) is 20.5 Å². The minimum atomic E-state index is -0.322. The molecular weight excluding hydrogens is 356 g/mol. The third-order valence-electron chi connectivity index (χ3n) is 5.18. The number of pyridine rings is 1. The van der Waals surface area contributed by atoms with Crippen LogP contribution in [0.1, 0.15) is 34.8 Å². The molecule has 1 amide bonds. The molecule has 7 nitrogen and oxygen atoms in total. The number of benzene rings is 1. The normalized spacial score (nSPS) is 19.5. The van der Waals surface area contributed by atoms with E-state index >= 15 is 0 Å². The molecule has 3 N–H and O–H groups in total. The molecule has 1 saturated carbocycles. The molecule has 0 spiro atoms. The highest BCUT2D eigenvalue weighted by molar-refractivity contribution is 6.00. The summed E-state index contributed by atoms with van der Waals surface area (Å²) in [5.41, 5.74) is 2.90. The van der Waals surface area contributed by atoms with Gasteiger partial charge in [-0.2, -0.15) is 5.10 Å². The molecule has 2 heterocycles. The molecule has 4 rings (SSSR count). The van der Waals surface area contributed by atoms with Gasteiger partial charge in [0.25, 0.3) is 5.91 Å². The first-order valence-corrected chi connectivity index (χ1v) is 9.22. The smallest absolute Gasteiger partial charge is 0.255 e. The van der Waals surface area contributed by atoms with Crippen LogP contribution in [-0.2, 0) is 0 Å². The lowest BCUT2D eigenvalue weighted by atomic mass is 9.75. The van der Waals surface area contributed by atoms with Gasteiger partial charge in [-0.25, -0.2) is 0 Å². The molecule has 1 aliphatic rings. The third-order valence-corrected chi connectivity index (χ3v) is 5.18. The van der Waals surface area contributed by atoms with Crippen LogP contribution >= 0.6 is 0 Å². The molecule has 0 bridgehead atoms. The maximum Gasteiger partial charge on any atom is 0.255 e. The Bertz CT molecular complexity index is 951. The lowest BCUT2D eigenvalue weighted by Gasteiger charge is -2.38. The Hall–Kier alpha value is -3.19. The maximum absolute atomic E-state index is 13.1. The van der Waals surface area contributed by atoms with Crippen LogP contribution in [0.4, 0.5) is 0 Å². The quantitative estimate of drug-likeness (QED) is 0.612. The maximum atomic E-state index is 13.1. The van der Waals surface area contributed by atoms with Gasteiger partial charge in [0.05, 0.1) is 42.9 Å². The van der Waals surface area contributed by atoms with Crippen LogP contribution in [0, 0.1) is 5.92 Å². The van der Waals surface area contributed by atoms with Crippen molar-refractivity contribution in [3.63, 3.8) is 0 Å². The van der Waals surface area contributed by atoms with Crippen molar-refractivity contribution in [3.05, 3.63) is 66.1 Å². The summed E-state index contributed by atoms with van der Waals surface area (Å²) in [6.45, 7) is 0. The fourth-order valence-electron chi connectivity index (χ4n) is 3.59. The van der Waals surface area contributed by atoms with E-state index in [0.717, 1.165) is 11.1 Å². The number of aromatic amines is 1. The molecule has 1 atom stereocenters. The van der Waals surface area contributed by atoms with E-state index in [1.807, 2.05) is 36.4 Å². The molecule has 144 valence electrons. The van der Waals surface area contributed by atoms with Crippen molar-refractivity contribution in [2.75, 3.05) is 7.11 Å². The number of hydrogen-bond acceptors (Lipinski definition) is 5. The molecule has 7 heteroatoms. The summed E-state index contributed by atoms with van der Waals surface area (Å²) in [5.74, 6) is 0.548. The van der Waals surface area contributed by atoms with Gasteiger partial charge in [0.15, 0.2) is 0 Å². The van der Waals surface area contributed by atoms with Gasteiger partial charge in [-0.15, -0.1) is 0 Å². The molecule has 3 aromatic rings. The molecule has 28 heavy (non-hydrogen) atoms. The van der Waals surface area contributed by atoms with Crippen LogP contribution in [0.15, 0.2) is 55.0 Å². The highest BCUT2D eigenvalue weighted by Gasteiger charge is 2.36. The van der Waals surface area contributed by atoms with Gasteiger partial charge in [-0.3, -0.25) is 14.9 Å². The van der Waals surface area contributed by atoms with Crippen molar-refractivity contribution in [1.29, 1.82) is 0 Å². The number of aliphatic hydroxyl groups is 1. The van der Waals surface area contributed by atoms with Crippen LogP contribution in [0.2, 0.25) is 0 Å². The Morgan fingerprint density at radius 1 is 1.25 bits per heavy atom. The minimum absolute atomic E-state index is 0.139. The standard InChI is InChI=1S/C21H22N4O3/c1-28-17-9-15(10-22-11-17)19(14-7-16(26)8-14)24-21(27)18-12-23-25-20(18)13-5-3-2-4-6-13/h2-6,9-12,14,16,19,26H,7-8H2,1H3,(H,23,25)(H,24,27)/t14?,16?,19-/m0/s1. The highest BCUT2D eigenvalue weighted by atomic mass is 16.5. The zero-order valence-corrected chi connectivity index (χ0v) is 15.5. The highest BCUT2D eigenvalue weighted by Crippen LogP contribution is 2.39. The molecule has 0 saturated heterocycles. The first kappa shape index (κ1) is 18.2. The summed E-state index contributed by atoms with van der Waals surface area (Å²) >= 11 is 0. The van der Waals surface area contributed by atoms with Crippen molar-refractivity contribution in [1.82, 2.24) is 20.5 Å². The van der Waals surface area contributed by atoms with Gasteiger partial charge in [-0.1, -0.05) is 30.3 Å². The molecular formula is C21H22N4O3. The number of aliphatic hydroxyl groups excluding tert-OH is 1. The Labute approximate surface area is 162 Å². The van der Waals surface area contributed by atoms with E-state index in [-0.39, 0.29) is 24.0 Å². The number of aromatic nitrogens is 3. The molecule has 0 unspecified atom stereocenters. The van der Waals surface area contributed by atoms with Crippen LogP contribution in [0.3, 0.4) is 0 Å². The van der Waals surface area contributed by atoms with E-state index in [1.165, 1.54) is 6.20 Å². The van der Waals surface area contributed by atoms with E-state index in [9.17, 15) is 9.90 Å². The van der Waals surface area contributed by atoms with Gasteiger partial charge in [0.1, 0.15) is 5.75 Å². The topological polar surface area (TPSA) is 100 Å². The van der Waals surface area contributed by atoms with Crippen molar-refractivity contribution in [2.45, 2.75) is 25.0 Å². The second kappa shape index (κ2) is 7.82. The van der Waals surface area contributed by atoms with Gasteiger partial charge in [0, 0.05) is 11.8 Å². The number of nitrogens with zero attached hydrogens (tertiary/aromatic N) is 2. The molecule has 0 aliphatic heterocycles. The summed E-state index contributed by atoms with van der Waals surface area (Å²) in [6, 6.07) is 11.2. The average molecular weight is 378 g/mol. The number of nitrogens with one attached hydrogen (secondary N) is 2. The Morgan fingerprint density at radius 2 is 2.04 bits per heavy atom. The lowest BCUT2D eigenvalue weighted by molar-refractivity contribution is 0.0234. The number of hydrogen-bond donors (Lipinski definition) is 3. The van der Waals surface area contributed by atoms with Gasteiger partial charge in [0.2, 0.25) is 0 Å². The first-order chi connectivity index (χ1) is 13.7. The van der Waals surface area contributed by atoms with Crippen LogP contribution in [0.25, 0.3) is 11.3 Å². The van der Waals surface area contributed by atoms with Crippen LogP contribution in [0.5, 0.6) is 5.75 Å². The summed E-state index contributed by atoms with van der Waals surface area (Å²) in [6.07, 6.45) is 5.84. The predicted octanol–water partition coefficient (Wildman–Crippen LogP) is 2.72. The Balaban J connectivity index is 1.61. The van der Waals surface area contributed by atoms with Gasteiger partial charge >= 0.3 is 0 Å². The zero-order valence-electron chi connectivity index (χ0n) is 15.5. The zero-order chi connectivity index (χ0) is 19.5. The number of H-pyrrole nitrogens is 1. The summed E-state index contributed by atoms with van der Waals surface area (Å²) in [7, 11) is 1.58. The van der Waals surface area contributed by atoms with Gasteiger partial charge in [-0.05, 0) is 30.4 Å².